The van der Waals surface area contributed by atoms with Gasteiger partial charge in [-0.3, -0.25) is 4.79 Å². The second-order valence-electron chi connectivity index (χ2n) is 4.60. The predicted molar refractivity (Wildman–Crippen MR) is 57.4 cm³/mol. The summed E-state index contributed by atoms with van der Waals surface area (Å²) in [5.74, 6) is 0.269. The first-order valence-corrected chi connectivity index (χ1v) is 5.86. The van der Waals surface area contributed by atoms with Crippen LogP contribution >= 0.6 is 0 Å². The van der Waals surface area contributed by atoms with Gasteiger partial charge in [0.25, 0.3) is 0 Å². The largest absolute Gasteiger partial charge is 0.378 e. The first-order chi connectivity index (χ1) is 7.28. The summed E-state index contributed by atoms with van der Waals surface area (Å²) in [7, 11) is 0. The Kier molecular flexibility index (Phi) is 3.26. The predicted octanol–water partition coefficient (Wildman–Crippen LogP) is 0.364. The molecule has 0 aromatic heterocycles. The molecule has 0 aromatic carbocycles. The average Bonchev–Trinajstić information content (AvgIpc) is 2.79. The van der Waals surface area contributed by atoms with Crippen LogP contribution in [0.15, 0.2) is 0 Å². The van der Waals surface area contributed by atoms with Gasteiger partial charge in [-0.25, -0.2) is 0 Å². The third-order valence-electron chi connectivity index (χ3n) is 3.70. The van der Waals surface area contributed by atoms with Gasteiger partial charge < -0.3 is 15.4 Å². The molecule has 2 aliphatic rings. The number of carbonyl (C=O) groups is 1. The highest BCUT2D eigenvalue weighted by molar-refractivity contribution is 5.83. The molecular formula is C11H20N2O2. The van der Waals surface area contributed by atoms with E-state index in [1.54, 1.807) is 0 Å². The lowest BCUT2D eigenvalue weighted by Gasteiger charge is -2.35. The van der Waals surface area contributed by atoms with Crippen LogP contribution in [-0.4, -0.2) is 43.7 Å². The number of ether oxygens (including phenoxy) is 1. The van der Waals surface area contributed by atoms with Crippen molar-refractivity contribution in [1.82, 2.24) is 4.90 Å². The zero-order chi connectivity index (χ0) is 10.7. The van der Waals surface area contributed by atoms with Crippen molar-refractivity contribution >= 4 is 5.91 Å². The molecule has 0 spiro atoms. The first kappa shape index (κ1) is 10.9. The molecule has 0 unspecified atom stereocenters. The number of morpholine rings is 1. The molecule has 1 saturated heterocycles. The Bertz CT molecular complexity index is 231. The lowest BCUT2D eigenvalue weighted by atomic mass is 9.84. The number of nitrogens with zero attached hydrogens (tertiary/aromatic N) is 1. The summed E-state index contributed by atoms with van der Waals surface area (Å²) in [6.07, 6.45) is 4.24. The Hall–Kier alpha value is -0.610. The van der Waals surface area contributed by atoms with Gasteiger partial charge in [-0.2, -0.15) is 0 Å². The molecule has 0 radical (unpaired) electrons. The fourth-order valence-corrected chi connectivity index (χ4v) is 2.66. The van der Waals surface area contributed by atoms with Crippen LogP contribution in [0.4, 0.5) is 0 Å². The van der Waals surface area contributed by atoms with Crippen molar-refractivity contribution in [3.05, 3.63) is 0 Å². The summed E-state index contributed by atoms with van der Waals surface area (Å²) in [6, 6.07) is 0. The smallest absolute Gasteiger partial charge is 0.230 e. The zero-order valence-corrected chi connectivity index (χ0v) is 9.21. The quantitative estimate of drug-likeness (QED) is 0.719. The molecule has 2 rings (SSSR count). The van der Waals surface area contributed by atoms with Gasteiger partial charge in [-0.1, -0.05) is 12.8 Å². The second-order valence-corrected chi connectivity index (χ2v) is 4.60. The fourth-order valence-electron chi connectivity index (χ4n) is 2.66. The van der Waals surface area contributed by atoms with Gasteiger partial charge in [0.15, 0.2) is 0 Å². The van der Waals surface area contributed by atoms with Gasteiger partial charge in [0, 0.05) is 19.6 Å². The van der Waals surface area contributed by atoms with E-state index in [-0.39, 0.29) is 11.3 Å². The molecule has 1 amide bonds. The van der Waals surface area contributed by atoms with E-state index in [0.29, 0.717) is 19.8 Å². The topological polar surface area (TPSA) is 55.6 Å². The van der Waals surface area contributed by atoms with E-state index in [2.05, 4.69) is 0 Å². The molecule has 4 nitrogen and oxygen atoms in total. The van der Waals surface area contributed by atoms with Crippen LogP contribution < -0.4 is 5.73 Å². The van der Waals surface area contributed by atoms with Gasteiger partial charge >= 0.3 is 0 Å². The van der Waals surface area contributed by atoms with E-state index in [1.165, 1.54) is 0 Å². The number of nitrogens with two attached hydrogens (primary N) is 1. The molecule has 0 aromatic rings. The molecule has 0 bridgehead atoms. The Morgan fingerprint density at radius 3 is 2.40 bits per heavy atom. The van der Waals surface area contributed by atoms with Crippen molar-refractivity contribution in [2.24, 2.45) is 11.1 Å². The minimum absolute atomic E-state index is 0.239. The Morgan fingerprint density at radius 2 is 1.87 bits per heavy atom. The minimum atomic E-state index is -0.239. The van der Waals surface area contributed by atoms with Gasteiger partial charge in [0.1, 0.15) is 0 Å². The highest BCUT2D eigenvalue weighted by Gasteiger charge is 2.42. The first-order valence-electron chi connectivity index (χ1n) is 5.86. The van der Waals surface area contributed by atoms with Crippen molar-refractivity contribution in [2.75, 3.05) is 32.8 Å². The van der Waals surface area contributed by atoms with Gasteiger partial charge in [-0.15, -0.1) is 0 Å². The highest BCUT2D eigenvalue weighted by atomic mass is 16.5. The summed E-state index contributed by atoms with van der Waals surface area (Å²) in [5.41, 5.74) is 5.56. The maximum atomic E-state index is 12.3. The number of hydrogen-bond donors (Lipinski definition) is 1. The Morgan fingerprint density at radius 1 is 1.27 bits per heavy atom. The monoisotopic (exact) mass is 212 g/mol. The number of carbonyl (C=O) groups excluding carboxylic acids is 1. The summed E-state index contributed by atoms with van der Waals surface area (Å²) in [5, 5.41) is 0. The maximum absolute atomic E-state index is 12.3. The SMILES string of the molecule is NCC1(C(=O)N2CCOCC2)CCCC1. The van der Waals surface area contributed by atoms with Crippen molar-refractivity contribution in [3.63, 3.8) is 0 Å². The second kappa shape index (κ2) is 4.49. The van der Waals surface area contributed by atoms with Gasteiger partial charge in [0.05, 0.1) is 18.6 Å². The molecule has 2 N–H and O–H groups in total. The average molecular weight is 212 g/mol. The molecule has 1 heterocycles. The van der Waals surface area contributed by atoms with Gasteiger partial charge in [0.2, 0.25) is 5.91 Å². The summed E-state index contributed by atoms with van der Waals surface area (Å²) < 4.78 is 5.25. The van der Waals surface area contributed by atoms with E-state index >= 15 is 0 Å². The van der Waals surface area contributed by atoms with Crippen LogP contribution in [-0.2, 0) is 9.53 Å². The van der Waals surface area contributed by atoms with Crippen molar-refractivity contribution < 1.29 is 9.53 Å². The van der Waals surface area contributed by atoms with Crippen LogP contribution in [0, 0.1) is 5.41 Å². The lowest BCUT2D eigenvalue weighted by Crippen LogP contribution is -2.50. The Balaban J connectivity index is 2.03. The van der Waals surface area contributed by atoms with Gasteiger partial charge in [-0.05, 0) is 12.8 Å². The fraction of sp³-hybridized carbons (Fsp3) is 0.909. The number of hydrogen-bond acceptors (Lipinski definition) is 3. The zero-order valence-electron chi connectivity index (χ0n) is 9.21. The molecule has 15 heavy (non-hydrogen) atoms. The molecule has 4 heteroatoms. The van der Waals surface area contributed by atoms with E-state index < -0.39 is 0 Å². The normalized spacial score (nSPS) is 25.5. The molecule has 86 valence electrons. The van der Waals surface area contributed by atoms with E-state index in [0.717, 1.165) is 38.8 Å². The standard InChI is InChI=1S/C11H20N2O2/c12-9-11(3-1-2-4-11)10(14)13-5-7-15-8-6-13/h1-9,12H2. The maximum Gasteiger partial charge on any atom is 0.230 e. The lowest BCUT2D eigenvalue weighted by molar-refractivity contribution is -0.145. The Labute approximate surface area is 90.8 Å². The van der Waals surface area contributed by atoms with Crippen LogP contribution in [0.3, 0.4) is 0 Å². The molecule has 2 fully saturated rings. The van der Waals surface area contributed by atoms with E-state index in [1.807, 2.05) is 4.90 Å². The molecule has 1 saturated carbocycles. The minimum Gasteiger partial charge on any atom is -0.378 e. The van der Waals surface area contributed by atoms with Crippen LogP contribution in [0.5, 0.6) is 0 Å². The van der Waals surface area contributed by atoms with E-state index in [9.17, 15) is 4.79 Å². The molecular weight excluding hydrogens is 192 g/mol. The van der Waals surface area contributed by atoms with Crippen molar-refractivity contribution in [1.29, 1.82) is 0 Å². The van der Waals surface area contributed by atoms with Crippen LogP contribution in [0.2, 0.25) is 0 Å². The molecule has 1 aliphatic carbocycles. The third-order valence-corrected chi connectivity index (χ3v) is 3.70. The molecule has 1 aliphatic heterocycles. The summed E-state index contributed by atoms with van der Waals surface area (Å²) in [6.45, 7) is 3.32. The number of rotatable bonds is 2. The number of amides is 1. The third kappa shape index (κ3) is 2.01. The van der Waals surface area contributed by atoms with Crippen molar-refractivity contribution in [2.45, 2.75) is 25.7 Å². The van der Waals surface area contributed by atoms with Crippen LogP contribution in [0.25, 0.3) is 0 Å². The highest BCUT2D eigenvalue weighted by Crippen LogP contribution is 2.38. The summed E-state index contributed by atoms with van der Waals surface area (Å²) in [4.78, 5) is 14.3. The summed E-state index contributed by atoms with van der Waals surface area (Å²) >= 11 is 0. The van der Waals surface area contributed by atoms with E-state index in [4.69, 9.17) is 10.5 Å². The van der Waals surface area contributed by atoms with Crippen molar-refractivity contribution in [3.8, 4) is 0 Å². The molecule has 0 atom stereocenters. The van der Waals surface area contributed by atoms with Crippen LogP contribution in [0.1, 0.15) is 25.7 Å².